The average Bonchev–Trinajstić information content (AvgIpc) is 3.20. The topological polar surface area (TPSA) is 32.8 Å². The predicted molar refractivity (Wildman–Crippen MR) is 129 cm³/mol. The van der Waals surface area contributed by atoms with Crippen molar-refractivity contribution in [2.24, 2.45) is 0 Å². The van der Waals surface area contributed by atoms with Crippen LogP contribution >= 0.6 is 0 Å². The molecule has 0 N–H and O–H groups in total. The molecule has 162 valence electrons. The number of nitrogens with zero attached hydrogens (tertiary/aromatic N) is 2. The van der Waals surface area contributed by atoms with Gasteiger partial charge < -0.3 is 14.5 Å². The zero-order valence-corrected chi connectivity index (χ0v) is 18.8. The Balaban J connectivity index is 1.64. The van der Waals surface area contributed by atoms with Crippen molar-refractivity contribution in [2.45, 2.75) is 31.5 Å². The minimum atomic E-state index is -0.594. The fraction of sp³-hybridized carbons (Fsp3) is 0.250. The van der Waals surface area contributed by atoms with Crippen LogP contribution in [0.3, 0.4) is 0 Å². The Morgan fingerprint density at radius 3 is 2.34 bits per heavy atom. The molecule has 1 amide bonds. The summed E-state index contributed by atoms with van der Waals surface area (Å²) in [5.74, 6) is 0.980. The van der Waals surface area contributed by atoms with E-state index in [1.807, 2.05) is 42.5 Å². The third-order valence-electron chi connectivity index (χ3n) is 7.01. The number of rotatable bonds is 5. The van der Waals surface area contributed by atoms with E-state index >= 15 is 0 Å². The molecule has 3 aromatic rings. The van der Waals surface area contributed by atoms with Crippen molar-refractivity contribution in [1.29, 1.82) is 0 Å². The van der Waals surface area contributed by atoms with Gasteiger partial charge in [-0.15, -0.1) is 0 Å². The summed E-state index contributed by atoms with van der Waals surface area (Å²) in [6.45, 7) is 5.45. The number of benzene rings is 3. The number of fused-ring (bicyclic) bond motifs is 3. The first kappa shape index (κ1) is 20.4. The lowest BCUT2D eigenvalue weighted by Crippen LogP contribution is -2.60. The van der Waals surface area contributed by atoms with Crippen molar-refractivity contribution in [2.75, 3.05) is 18.6 Å². The van der Waals surface area contributed by atoms with Crippen LogP contribution in [-0.2, 0) is 16.8 Å². The van der Waals surface area contributed by atoms with E-state index in [-0.39, 0.29) is 11.3 Å². The van der Waals surface area contributed by atoms with E-state index in [4.69, 9.17) is 4.74 Å². The van der Waals surface area contributed by atoms with Crippen molar-refractivity contribution in [3.05, 3.63) is 102 Å². The van der Waals surface area contributed by atoms with Gasteiger partial charge in [0.2, 0.25) is 5.91 Å². The highest BCUT2D eigenvalue weighted by Crippen LogP contribution is 2.56. The molecule has 4 nitrogen and oxygen atoms in total. The number of carbonyl (C=O) groups excluding carboxylic acids is 1. The zero-order valence-electron chi connectivity index (χ0n) is 18.8. The van der Waals surface area contributed by atoms with Gasteiger partial charge >= 0.3 is 0 Å². The molecule has 32 heavy (non-hydrogen) atoms. The molecule has 5 rings (SSSR count). The van der Waals surface area contributed by atoms with Gasteiger partial charge in [-0.25, -0.2) is 0 Å². The maximum absolute atomic E-state index is 13.4. The second-order valence-electron chi connectivity index (χ2n) is 9.03. The standard InChI is InChI=1S/C28H28N2O2/c1-27(2)24-11-7-8-12-25(24)29-20-26(31)30(19-22-9-5-4-6-10-22)28(27,29)18-17-21-13-15-23(32-3)16-14-21/h4-18H,19-20H2,1-3H3/b18-17-. The predicted octanol–water partition coefficient (Wildman–Crippen LogP) is 5.24. The Morgan fingerprint density at radius 1 is 0.938 bits per heavy atom. The largest absolute Gasteiger partial charge is 0.497 e. The summed E-state index contributed by atoms with van der Waals surface area (Å²) in [6, 6.07) is 26.7. The normalized spacial score (nSPS) is 21.2. The van der Waals surface area contributed by atoms with Gasteiger partial charge in [-0.05, 0) is 41.0 Å². The van der Waals surface area contributed by atoms with Crippen LogP contribution in [0.4, 0.5) is 5.69 Å². The molecular formula is C28H28N2O2. The molecule has 1 fully saturated rings. The van der Waals surface area contributed by atoms with Crippen molar-refractivity contribution in [3.63, 3.8) is 0 Å². The molecule has 0 aliphatic carbocycles. The molecule has 2 aliphatic heterocycles. The van der Waals surface area contributed by atoms with Crippen molar-refractivity contribution < 1.29 is 9.53 Å². The van der Waals surface area contributed by atoms with E-state index in [1.165, 1.54) is 5.56 Å². The number of para-hydroxylation sites is 1. The Kier molecular flexibility index (Phi) is 4.81. The highest BCUT2D eigenvalue weighted by atomic mass is 16.5. The molecule has 0 saturated carbocycles. The third-order valence-corrected chi connectivity index (χ3v) is 7.01. The van der Waals surface area contributed by atoms with Gasteiger partial charge in [0.1, 0.15) is 11.4 Å². The minimum absolute atomic E-state index is 0.149. The summed E-state index contributed by atoms with van der Waals surface area (Å²) < 4.78 is 5.30. The molecule has 4 heteroatoms. The second kappa shape index (κ2) is 7.56. The lowest BCUT2D eigenvalue weighted by atomic mass is 9.74. The molecule has 1 atom stereocenters. The lowest BCUT2D eigenvalue weighted by molar-refractivity contribution is -0.131. The molecule has 2 aliphatic rings. The van der Waals surface area contributed by atoms with Crippen LogP contribution in [0.15, 0.2) is 84.9 Å². The second-order valence-corrected chi connectivity index (χ2v) is 9.03. The fourth-order valence-electron chi connectivity index (χ4n) is 5.35. The fourth-order valence-corrected chi connectivity index (χ4v) is 5.35. The van der Waals surface area contributed by atoms with Gasteiger partial charge in [-0.2, -0.15) is 0 Å². The summed E-state index contributed by atoms with van der Waals surface area (Å²) in [7, 11) is 1.67. The van der Waals surface area contributed by atoms with Crippen LogP contribution < -0.4 is 9.64 Å². The molecule has 1 saturated heterocycles. The van der Waals surface area contributed by atoms with Gasteiger partial charge in [-0.3, -0.25) is 4.79 Å². The summed E-state index contributed by atoms with van der Waals surface area (Å²) in [6.07, 6.45) is 4.36. The monoisotopic (exact) mass is 424 g/mol. The van der Waals surface area contributed by atoms with E-state index in [9.17, 15) is 4.79 Å². The maximum Gasteiger partial charge on any atom is 0.244 e. The van der Waals surface area contributed by atoms with Crippen LogP contribution in [-0.4, -0.2) is 30.1 Å². The number of methoxy groups -OCH3 is 1. The summed E-state index contributed by atoms with van der Waals surface area (Å²) in [4.78, 5) is 17.8. The first-order valence-corrected chi connectivity index (χ1v) is 11.0. The van der Waals surface area contributed by atoms with Crippen LogP contribution in [0, 0.1) is 0 Å². The quantitative estimate of drug-likeness (QED) is 0.561. The minimum Gasteiger partial charge on any atom is -0.497 e. The number of hydrogen-bond donors (Lipinski definition) is 0. The first-order valence-electron chi connectivity index (χ1n) is 11.0. The van der Waals surface area contributed by atoms with Gasteiger partial charge in [0.05, 0.1) is 13.7 Å². The van der Waals surface area contributed by atoms with Crippen LogP contribution in [0.1, 0.15) is 30.5 Å². The maximum atomic E-state index is 13.4. The molecule has 0 spiro atoms. The Bertz CT molecular complexity index is 1170. The van der Waals surface area contributed by atoms with Crippen molar-refractivity contribution in [1.82, 2.24) is 4.90 Å². The summed E-state index contributed by atoms with van der Waals surface area (Å²) in [5.41, 5.74) is 3.72. The number of hydrogen-bond acceptors (Lipinski definition) is 3. The Morgan fingerprint density at radius 2 is 1.62 bits per heavy atom. The van der Waals surface area contributed by atoms with Gasteiger partial charge in [0.25, 0.3) is 0 Å². The van der Waals surface area contributed by atoms with Gasteiger partial charge in [-0.1, -0.05) is 80.6 Å². The number of ether oxygens (including phenoxy) is 1. The number of anilines is 1. The highest BCUT2D eigenvalue weighted by Gasteiger charge is 2.63. The lowest BCUT2D eigenvalue weighted by Gasteiger charge is -2.46. The van der Waals surface area contributed by atoms with E-state index < -0.39 is 5.66 Å². The van der Waals surface area contributed by atoms with Crippen LogP contribution in [0.25, 0.3) is 6.08 Å². The van der Waals surface area contributed by atoms with E-state index in [0.29, 0.717) is 13.1 Å². The molecule has 2 heterocycles. The van der Waals surface area contributed by atoms with Crippen molar-refractivity contribution in [3.8, 4) is 5.75 Å². The first-order chi connectivity index (χ1) is 15.5. The molecule has 0 aromatic heterocycles. The summed E-state index contributed by atoms with van der Waals surface area (Å²) in [5, 5.41) is 0. The average molecular weight is 425 g/mol. The number of amides is 1. The van der Waals surface area contributed by atoms with E-state index in [0.717, 1.165) is 22.6 Å². The third kappa shape index (κ3) is 2.94. The van der Waals surface area contributed by atoms with Crippen LogP contribution in [0.2, 0.25) is 0 Å². The Hall–Kier alpha value is -3.53. The molecule has 3 aromatic carbocycles. The van der Waals surface area contributed by atoms with Gasteiger partial charge in [0, 0.05) is 17.6 Å². The smallest absolute Gasteiger partial charge is 0.244 e. The summed E-state index contributed by atoms with van der Waals surface area (Å²) >= 11 is 0. The zero-order chi connectivity index (χ0) is 22.3. The molecule has 1 unspecified atom stereocenters. The van der Waals surface area contributed by atoms with E-state index in [2.05, 4.69) is 72.2 Å². The van der Waals surface area contributed by atoms with Crippen LogP contribution in [0.5, 0.6) is 5.75 Å². The highest BCUT2D eigenvalue weighted by molar-refractivity contribution is 5.91. The molecular weight excluding hydrogens is 396 g/mol. The Labute approximate surface area is 189 Å². The number of carbonyl (C=O) groups is 1. The van der Waals surface area contributed by atoms with Crippen molar-refractivity contribution >= 4 is 17.7 Å². The van der Waals surface area contributed by atoms with E-state index in [1.54, 1.807) is 7.11 Å². The van der Waals surface area contributed by atoms with Gasteiger partial charge in [0.15, 0.2) is 0 Å². The SMILES string of the molecule is COc1ccc(/C=C\C23N(Cc4ccccc4)C(=O)CN2c2ccccc2C3(C)C)cc1. The molecule has 0 bridgehead atoms. The molecule has 0 radical (unpaired) electrons.